The summed E-state index contributed by atoms with van der Waals surface area (Å²) in [6.45, 7) is 0.209. The number of nitrogens with one attached hydrogen (secondary N) is 1. The van der Waals surface area contributed by atoms with Crippen molar-refractivity contribution in [1.29, 1.82) is 0 Å². The molecular formula is C21H18BrN3O4. The van der Waals surface area contributed by atoms with Gasteiger partial charge in [-0.15, -0.1) is 0 Å². The van der Waals surface area contributed by atoms with Crippen LogP contribution in [-0.4, -0.2) is 23.4 Å². The number of hydrogen-bond donors (Lipinski definition) is 2. The number of carbonyl (C=O) groups is 2. The van der Waals surface area contributed by atoms with E-state index in [9.17, 15) is 9.59 Å². The van der Waals surface area contributed by atoms with Crippen molar-refractivity contribution in [3.05, 3.63) is 76.9 Å². The molecule has 8 heteroatoms. The standard InChI is InChI=1S/C21H18BrN3O4/c22-15-2-1-3-18(12-15)29-20-9-4-14(13-24-20)21(27)25-16-5-7-17(8-6-16)28-11-10-19(23)26/h1-9,12-13H,10-11H2,(H2,23,26)(H,25,27). The highest BCUT2D eigenvalue weighted by molar-refractivity contribution is 9.10. The molecule has 1 aromatic heterocycles. The smallest absolute Gasteiger partial charge is 0.257 e. The highest BCUT2D eigenvalue weighted by Gasteiger charge is 2.08. The van der Waals surface area contributed by atoms with Crippen LogP contribution < -0.4 is 20.5 Å². The number of primary amides is 1. The molecule has 0 saturated carbocycles. The summed E-state index contributed by atoms with van der Waals surface area (Å²) in [5.41, 5.74) is 6.06. The van der Waals surface area contributed by atoms with Crippen molar-refractivity contribution >= 4 is 33.4 Å². The summed E-state index contributed by atoms with van der Waals surface area (Å²) in [5, 5.41) is 2.78. The van der Waals surface area contributed by atoms with Gasteiger partial charge in [-0.25, -0.2) is 4.98 Å². The molecule has 0 aliphatic rings. The third kappa shape index (κ3) is 6.32. The third-order valence-corrected chi connectivity index (χ3v) is 4.24. The number of benzene rings is 2. The Labute approximate surface area is 176 Å². The number of hydrogen-bond acceptors (Lipinski definition) is 5. The number of nitrogens with zero attached hydrogens (tertiary/aromatic N) is 1. The topological polar surface area (TPSA) is 104 Å². The van der Waals surface area contributed by atoms with E-state index >= 15 is 0 Å². The van der Waals surface area contributed by atoms with Crippen LogP contribution >= 0.6 is 15.9 Å². The summed E-state index contributed by atoms with van der Waals surface area (Å²) in [7, 11) is 0. The fourth-order valence-electron chi connectivity index (χ4n) is 2.33. The molecule has 0 fully saturated rings. The number of pyridine rings is 1. The van der Waals surface area contributed by atoms with Gasteiger partial charge in [0.1, 0.15) is 11.5 Å². The molecule has 7 nitrogen and oxygen atoms in total. The van der Waals surface area contributed by atoms with E-state index < -0.39 is 5.91 Å². The Hall–Kier alpha value is -3.39. The van der Waals surface area contributed by atoms with Crippen LogP contribution in [-0.2, 0) is 4.79 Å². The van der Waals surface area contributed by atoms with Gasteiger partial charge >= 0.3 is 0 Å². The second-order valence-electron chi connectivity index (χ2n) is 5.99. The molecule has 29 heavy (non-hydrogen) atoms. The molecule has 3 aromatic rings. The van der Waals surface area contributed by atoms with Crippen molar-refractivity contribution in [2.24, 2.45) is 5.73 Å². The van der Waals surface area contributed by atoms with Gasteiger partial charge in [0.2, 0.25) is 11.8 Å². The van der Waals surface area contributed by atoms with Crippen molar-refractivity contribution < 1.29 is 19.1 Å². The number of anilines is 1. The molecule has 3 N–H and O–H groups in total. The van der Waals surface area contributed by atoms with E-state index in [1.807, 2.05) is 24.3 Å². The lowest BCUT2D eigenvalue weighted by Crippen LogP contribution is -2.14. The molecule has 0 aliphatic heterocycles. The predicted molar refractivity (Wildman–Crippen MR) is 112 cm³/mol. The minimum absolute atomic E-state index is 0.146. The second kappa shape index (κ2) is 9.70. The van der Waals surface area contributed by atoms with Crippen LogP contribution in [0.25, 0.3) is 0 Å². The first-order chi connectivity index (χ1) is 14.0. The van der Waals surface area contributed by atoms with E-state index in [0.29, 0.717) is 28.6 Å². The minimum Gasteiger partial charge on any atom is -0.493 e. The number of amides is 2. The van der Waals surface area contributed by atoms with Gasteiger partial charge in [-0.05, 0) is 48.5 Å². The van der Waals surface area contributed by atoms with Crippen LogP contribution in [0.5, 0.6) is 17.4 Å². The van der Waals surface area contributed by atoms with Gasteiger partial charge in [-0.2, -0.15) is 0 Å². The van der Waals surface area contributed by atoms with Gasteiger partial charge in [0.05, 0.1) is 18.6 Å². The molecule has 148 valence electrons. The maximum absolute atomic E-state index is 12.4. The lowest BCUT2D eigenvalue weighted by Gasteiger charge is -2.08. The van der Waals surface area contributed by atoms with E-state index in [2.05, 4.69) is 26.2 Å². The Morgan fingerprint density at radius 2 is 1.83 bits per heavy atom. The van der Waals surface area contributed by atoms with E-state index in [4.69, 9.17) is 15.2 Å². The van der Waals surface area contributed by atoms with Crippen LogP contribution in [0.2, 0.25) is 0 Å². The van der Waals surface area contributed by atoms with Crippen LogP contribution in [0, 0.1) is 0 Å². The van der Waals surface area contributed by atoms with Crippen LogP contribution in [0.3, 0.4) is 0 Å². The summed E-state index contributed by atoms with van der Waals surface area (Å²) >= 11 is 3.38. The number of aromatic nitrogens is 1. The molecule has 0 saturated heterocycles. The first-order valence-electron chi connectivity index (χ1n) is 8.71. The minimum atomic E-state index is -0.421. The zero-order valence-electron chi connectivity index (χ0n) is 15.3. The van der Waals surface area contributed by atoms with E-state index in [-0.39, 0.29) is 18.9 Å². The fourth-order valence-corrected chi connectivity index (χ4v) is 2.71. The normalized spacial score (nSPS) is 10.2. The Morgan fingerprint density at radius 3 is 2.48 bits per heavy atom. The average Bonchev–Trinajstić information content (AvgIpc) is 2.69. The Bertz CT molecular complexity index is 992. The Balaban J connectivity index is 1.55. The van der Waals surface area contributed by atoms with Crippen molar-refractivity contribution in [3.63, 3.8) is 0 Å². The van der Waals surface area contributed by atoms with Gasteiger partial charge in [-0.1, -0.05) is 22.0 Å². The summed E-state index contributed by atoms with van der Waals surface area (Å²) in [6, 6.07) is 17.5. The van der Waals surface area contributed by atoms with Crippen molar-refractivity contribution in [1.82, 2.24) is 4.98 Å². The molecule has 0 bridgehead atoms. The summed E-state index contributed by atoms with van der Waals surface area (Å²) in [4.78, 5) is 27.3. The predicted octanol–water partition coefficient (Wildman–Crippen LogP) is 4.14. The highest BCUT2D eigenvalue weighted by atomic mass is 79.9. The lowest BCUT2D eigenvalue weighted by atomic mass is 10.2. The zero-order chi connectivity index (χ0) is 20.6. The van der Waals surface area contributed by atoms with Gasteiger partial charge in [0.25, 0.3) is 5.91 Å². The SMILES string of the molecule is NC(=O)CCOc1ccc(NC(=O)c2ccc(Oc3cccc(Br)c3)nc2)cc1. The molecule has 3 rings (SSSR count). The number of halogens is 1. The summed E-state index contributed by atoms with van der Waals surface area (Å²) in [6.07, 6.45) is 1.59. The third-order valence-electron chi connectivity index (χ3n) is 3.75. The van der Waals surface area contributed by atoms with Gasteiger partial charge in [-0.3, -0.25) is 9.59 Å². The zero-order valence-corrected chi connectivity index (χ0v) is 16.9. The monoisotopic (exact) mass is 455 g/mol. The molecule has 1 heterocycles. The van der Waals surface area contributed by atoms with Crippen molar-refractivity contribution in [2.45, 2.75) is 6.42 Å². The summed E-state index contributed by atoms with van der Waals surface area (Å²) in [5.74, 6) is 0.892. The molecule has 2 aromatic carbocycles. The van der Waals surface area contributed by atoms with E-state index in [1.165, 1.54) is 6.20 Å². The van der Waals surface area contributed by atoms with Gasteiger partial charge in [0, 0.05) is 22.4 Å². The van der Waals surface area contributed by atoms with Gasteiger partial charge in [0.15, 0.2) is 0 Å². The highest BCUT2D eigenvalue weighted by Crippen LogP contribution is 2.23. The molecule has 0 spiro atoms. The van der Waals surface area contributed by atoms with E-state index in [0.717, 1.165) is 4.47 Å². The number of ether oxygens (including phenoxy) is 2. The Kier molecular flexibility index (Phi) is 6.80. The van der Waals surface area contributed by atoms with Crippen molar-refractivity contribution in [2.75, 3.05) is 11.9 Å². The van der Waals surface area contributed by atoms with Gasteiger partial charge < -0.3 is 20.5 Å². The average molecular weight is 456 g/mol. The number of rotatable bonds is 8. The second-order valence-corrected chi connectivity index (χ2v) is 6.90. The maximum Gasteiger partial charge on any atom is 0.257 e. The molecule has 0 unspecified atom stereocenters. The largest absolute Gasteiger partial charge is 0.493 e. The summed E-state index contributed by atoms with van der Waals surface area (Å²) < 4.78 is 11.9. The van der Waals surface area contributed by atoms with Crippen LogP contribution in [0.1, 0.15) is 16.8 Å². The number of nitrogens with two attached hydrogens (primary N) is 1. The Morgan fingerprint density at radius 1 is 1.03 bits per heavy atom. The number of carbonyl (C=O) groups excluding carboxylic acids is 2. The first-order valence-corrected chi connectivity index (χ1v) is 9.51. The van der Waals surface area contributed by atoms with Crippen molar-refractivity contribution in [3.8, 4) is 17.4 Å². The lowest BCUT2D eigenvalue weighted by molar-refractivity contribution is -0.118. The molecule has 0 atom stereocenters. The van der Waals surface area contributed by atoms with E-state index in [1.54, 1.807) is 36.4 Å². The first kappa shape index (κ1) is 20.3. The van der Waals surface area contributed by atoms with Crippen LogP contribution in [0.4, 0.5) is 5.69 Å². The van der Waals surface area contributed by atoms with Crippen LogP contribution in [0.15, 0.2) is 71.3 Å². The molecule has 0 aliphatic carbocycles. The quantitative estimate of drug-likeness (QED) is 0.530. The molecule has 0 radical (unpaired) electrons. The molecular weight excluding hydrogens is 438 g/mol. The maximum atomic E-state index is 12.4. The fraction of sp³-hybridized carbons (Fsp3) is 0.0952. The molecule has 2 amide bonds.